The molecule has 1 aromatic heterocycles. The van der Waals surface area contributed by atoms with E-state index in [9.17, 15) is 15.0 Å². The first-order valence-electron chi connectivity index (χ1n) is 8.84. The molecule has 0 radical (unpaired) electrons. The van der Waals surface area contributed by atoms with Crippen LogP contribution in [0.1, 0.15) is 36.5 Å². The number of nitrogens with one attached hydrogen (secondary N) is 2. The van der Waals surface area contributed by atoms with Crippen molar-refractivity contribution in [3.8, 4) is 22.9 Å². The quantitative estimate of drug-likeness (QED) is 0.535. The molecule has 3 rings (SSSR count). The molecule has 142 valence electrons. The summed E-state index contributed by atoms with van der Waals surface area (Å²) in [6, 6.07) is 10.9. The van der Waals surface area contributed by atoms with Crippen LogP contribution >= 0.6 is 0 Å². The molecule has 7 heteroatoms. The third-order valence-electron chi connectivity index (χ3n) is 4.51. The fourth-order valence-electron chi connectivity index (χ4n) is 3.05. The maximum absolute atomic E-state index is 12.3. The van der Waals surface area contributed by atoms with Gasteiger partial charge in [-0.15, -0.1) is 0 Å². The predicted octanol–water partition coefficient (Wildman–Crippen LogP) is 2.54. The molecule has 0 bridgehead atoms. The number of hydrogen-bond acceptors (Lipinski definition) is 5. The Morgan fingerprint density at radius 1 is 1.11 bits per heavy atom. The van der Waals surface area contributed by atoms with E-state index in [0.717, 1.165) is 17.7 Å². The minimum Gasteiger partial charge on any atom is -0.508 e. The van der Waals surface area contributed by atoms with Crippen molar-refractivity contribution in [2.75, 3.05) is 7.05 Å². The molecule has 0 aliphatic rings. The molecule has 2 aromatic carbocycles. The number of aromatic amines is 1. The zero-order chi connectivity index (χ0) is 19.6. The Morgan fingerprint density at radius 2 is 1.78 bits per heavy atom. The van der Waals surface area contributed by atoms with Crippen LogP contribution in [0.3, 0.4) is 0 Å². The van der Waals surface area contributed by atoms with Gasteiger partial charge in [0, 0.05) is 12.6 Å². The van der Waals surface area contributed by atoms with Gasteiger partial charge in [0.1, 0.15) is 11.5 Å². The maximum Gasteiger partial charge on any atom is 0.343 e. The number of nitrogens with zero attached hydrogens (tertiary/aromatic N) is 2. The third kappa shape index (κ3) is 3.88. The van der Waals surface area contributed by atoms with Crippen molar-refractivity contribution in [3.63, 3.8) is 0 Å². The van der Waals surface area contributed by atoms with Crippen LogP contribution in [0.5, 0.6) is 11.5 Å². The first-order chi connectivity index (χ1) is 12.9. The summed E-state index contributed by atoms with van der Waals surface area (Å²) < 4.78 is 1.48. The number of phenols is 2. The van der Waals surface area contributed by atoms with Gasteiger partial charge in [0.25, 0.3) is 0 Å². The molecule has 3 aromatic rings. The van der Waals surface area contributed by atoms with Crippen molar-refractivity contribution in [2.24, 2.45) is 0 Å². The summed E-state index contributed by atoms with van der Waals surface area (Å²) in [5.41, 5.74) is 2.83. The summed E-state index contributed by atoms with van der Waals surface area (Å²) in [7, 11) is 1.89. The Kier molecular flexibility index (Phi) is 5.32. The molecule has 27 heavy (non-hydrogen) atoms. The summed E-state index contributed by atoms with van der Waals surface area (Å²) in [5, 5.41) is 30.0. The molecule has 0 spiro atoms. The van der Waals surface area contributed by atoms with E-state index in [1.807, 2.05) is 45.2 Å². The van der Waals surface area contributed by atoms with Gasteiger partial charge in [-0.2, -0.15) is 5.10 Å². The average Bonchev–Trinajstić information content (AvgIpc) is 2.97. The Labute approximate surface area is 157 Å². The highest BCUT2D eigenvalue weighted by Crippen LogP contribution is 2.36. The smallest absolute Gasteiger partial charge is 0.343 e. The lowest BCUT2D eigenvalue weighted by molar-refractivity contribution is 0.444. The highest BCUT2D eigenvalue weighted by atomic mass is 16.3. The van der Waals surface area contributed by atoms with Crippen LogP contribution < -0.4 is 11.0 Å². The average molecular weight is 368 g/mol. The Hall–Kier alpha value is -3.06. The topological polar surface area (TPSA) is 103 Å². The molecule has 0 aliphatic heterocycles. The molecule has 0 saturated carbocycles. The number of aromatic hydroxyl groups is 2. The van der Waals surface area contributed by atoms with E-state index in [4.69, 9.17) is 0 Å². The van der Waals surface area contributed by atoms with E-state index >= 15 is 0 Å². The van der Waals surface area contributed by atoms with E-state index in [2.05, 4.69) is 15.5 Å². The highest BCUT2D eigenvalue weighted by molar-refractivity contribution is 5.67. The molecule has 0 amide bonds. The standard InChI is InChI=1S/C20H24N4O3/c1-12(2)15-8-16(18(26)9-17(15)25)19-22-23-20(27)24(19)11-14-6-4-13(5-7-14)10-21-3/h4-9,12,21,25-26H,10-11H2,1-3H3,(H,23,27). The van der Waals surface area contributed by atoms with Crippen molar-refractivity contribution in [1.29, 1.82) is 0 Å². The van der Waals surface area contributed by atoms with Crippen molar-refractivity contribution in [1.82, 2.24) is 20.1 Å². The number of hydrogen-bond donors (Lipinski definition) is 4. The van der Waals surface area contributed by atoms with Crippen LogP contribution in [-0.4, -0.2) is 32.0 Å². The summed E-state index contributed by atoms with van der Waals surface area (Å²) >= 11 is 0. The first-order valence-corrected chi connectivity index (χ1v) is 8.84. The zero-order valence-corrected chi connectivity index (χ0v) is 15.7. The van der Waals surface area contributed by atoms with Crippen molar-refractivity contribution in [3.05, 3.63) is 63.6 Å². The Bertz CT molecular complexity index is 987. The van der Waals surface area contributed by atoms with Gasteiger partial charge in [-0.1, -0.05) is 38.1 Å². The van der Waals surface area contributed by atoms with Crippen molar-refractivity contribution in [2.45, 2.75) is 32.9 Å². The van der Waals surface area contributed by atoms with Gasteiger partial charge < -0.3 is 15.5 Å². The molecule has 0 aliphatic carbocycles. The zero-order valence-electron chi connectivity index (χ0n) is 15.7. The summed E-state index contributed by atoms with van der Waals surface area (Å²) in [5.74, 6) is 0.291. The molecular formula is C20H24N4O3. The van der Waals surface area contributed by atoms with Crippen LogP contribution in [0.2, 0.25) is 0 Å². The van der Waals surface area contributed by atoms with Crippen LogP contribution in [0.4, 0.5) is 0 Å². The number of rotatable bonds is 6. The minimum atomic E-state index is -0.358. The second-order valence-corrected chi connectivity index (χ2v) is 6.87. The molecular weight excluding hydrogens is 344 g/mol. The van der Waals surface area contributed by atoms with Gasteiger partial charge >= 0.3 is 5.69 Å². The lowest BCUT2D eigenvalue weighted by atomic mass is 9.98. The Balaban J connectivity index is 2.00. The van der Waals surface area contributed by atoms with Gasteiger partial charge in [-0.05, 0) is 35.7 Å². The number of aromatic nitrogens is 3. The number of H-pyrrole nitrogens is 1. The van der Waals surface area contributed by atoms with Gasteiger partial charge in [0.2, 0.25) is 0 Å². The van der Waals surface area contributed by atoms with Gasteiger partial charge in [-0.3, -0.25) is 4.57 Å². The van der Waals surface area contributed by atoms with Crippen LogP contribution in [0, 0.1) is 0 Å². The lowest BCUT2D eigenvalue weighted by Gasteiger charge is -2.13. The van der Waals surface area contributed by atoms with Gasteiger partial charge in [0.05, 0.1) is 12.1 Å². The molecule has 7 nitrogen and oxygen atoms in total. The van der Waals surface area contributed by atoms with Crippen LogP contribution in [0.25, 0.3) is 11.4 Å². The van der Waals surface area contributed by atoms with Crippen molar-refractivity contribution >= 4 is 0 Å². The second kappa shape index (κ2) is 7.67. The molecule has 1 heterocycles. The summed E-state index contributed by atoms with van der Waals surface area (Å²) in [6.45, 7) is 4.98. The largest absolute Gasteiger partial charge is 0.508 e. The normalized spacial score (nSPS) is 11.3. The van der Waals surface area contributed by atoms with E-state index in [1.54, 1.807) is 6.07 Å². The van der Waals surface area contributed by atoms with Gasteiger partial charge in [-0.25, -0.2) is 9.89 Å². The van der Waals surface area contributed by atoms with Crippen LogP contribution in [-0.2, 0) is 13.1 Å². The van der Waals surface area contributed by atoms with E-state index in [-0.39, 0.29) is 23.1 Å². The lowest BCUT2D eigenvalue weighted by Crippen LogP contribution is -2.18. The van der Waals surface area contributed by atoms with E-state index < -0.39 is 0 Å². The van der Waals surface area contributed by atoms with Crippen LogP contribution in [0.15, 0.2) is 41.2 Å². The fourth-order valence-corrected chi connectivity index (χ4v) is 3.05. The highest BCUT2D eigenvalue weighted by Gasteiger charge is 2.18. The maximum atomic E-state index is 12.3. The predicted molar refractivity (Wildman–Crippen MR) is 104 cm³/mol. The van der Waals surface area contributed by atoms with Crippen molar-refractivity contribution < 1.29 is 10.2 Å². The number of phenolic OH excluding ortho intramolecular Hbond substituents is 2. The molecule has 4 N–H and O–H groups in total. The van der Waals surface area contributed by atoms with E-state index in [1.165, 1.54) is 10.6 Å². The third-order valence-corrected chi connectivity index (χ3v) is 4.51. The van der Waals surface area contributed by atoms with E-state index in [0.29, 0.717) is 23.5 Å². The summed E-state index contributed by atoms with van der Waals surface area (Å²) in [4.78, 5) is 12.3. The molecule has 0 unspecified atom stereocenters. The first kappa shape index (κ1) is 18.7. The fraction of sp³-hybridized carbons (Fsp3) is 0.300. The monoisotopic (exact) mass is 368 g/mol. The minimum absolute atomic E-state index is 0.0239. The van der Waals surface area contributed by atoms with Gasteiger partial charge in [0.15, 0.2) is 5.82 Å². The summed E-state index contributed by atoms with van der Waals surface area (Å²) in [6.07, 6.45) is 0. The molecule has 0 atom stereocenters. The molecule has 0 fully saturated rings. The SMILES string of the molecule is CNCc1ccc(Cn2c(-c3cc(C(C)C)c(O)cc3O)n[nH]c2=O)cc1. The second-order valence-electron chi connectivity index (χ2n) is 6.87. The number of benzene rings is 2. The molecule has 0 saturated heterocycles. The Morgan fingerprint density at radius 3 is 2.41 bits per heavy atom.